The molecule has 150 valence electrons. The van der Waals surface area contributed by atoms with Gasteiger partial charge >= 0.3 is 0 Å². The number of fused-ring (bicyclic) bond motifs is 1. The Morgan fingerprint density at radius 2 is 2.10 bits per heavy atom. The van der Waals surface area contributed by atoms with Crippen molar-refractivity contribution in [2.45, 2.75) is 19.5 Å². The molecule has 0 bridgehead atoms. The van der Waals surface area contributed by atoms with Crippen LogP contribution in [0.25, 0.3) is 0 Å². The van der Waals surface area contributed by atoms with E-state index in [2.05, 4.69) is 20.5 Å². The van der Waals surface area contributed by atoms with Gasteiger partial charge in [0.2, 0.25) is 5.91 Å². The lowest BCUT2D eigenvalue weighted by Crippen LogP contribution is -2.39. The number of anilines is 1. The number of hydrogen-bond donors (Lipinski definition) is 2. The van der Waals surface area contributed by atoms with E-state index in [1.807, 2.05) is 18.2 Å². The lowest BCUT2D eigenvalue weighted by molar-refractivity contribution is -0.122. The Morgan fingerprint density at radius 3 is 2.90 bits per heavy atom. The van der Waals surface area contributed by atoms with Crippen molar-refractivity contribution < 1.29 is 14.0 Å². The molecule has 0 unspecified atom stereocenters. The summed E-state index contributed by atoms with van der Waals surface area (Å²) < 4.78 is 5.10. The molecule has 2 aromatic heterocycles. The van der Waals surface area contributed by atoms with Crippen LogP contribution in [0.5, 0.6) is 0 Å². The molecule has 3 aromatic rings. The third-order valence-corrected chi connectivity index (χ3v) is 5.94. The fraction of sp³-hybridized carbons (Fsp3) is 0.250. The molecular weight excluding hydrogens is 412 g/mol. The van der Waals surface area contributed by atoms with Gasteiger partial charge in [-0.05, 0) is 23.8 Å². The van der Waals surface area contributed by atoms with Crippen molar-refractivity contribution >= 4 is 39.9 Å². The Morgan fingerprint density at radius 1 is 1.24 bits per heavy atom. The molecule has 0 atom stereocenters. The number of benzene rings is 1. The van der Waals surface area contributed by atoms with Crippen LogP contribution in [0.3, 0.4) is 0 Å². The Balaban J connectivity index is 1.30. The zero-order chi connectivity index (χ0) is 20.2. The standard InChI is InChI=1S/C20H19ClN4O3S/c21-14-5-2-1-4-13(14)10-22-18(26)12-25-8-7-15-17(11-25)29-20(23-15)24-19(27)16-6-3-9-28-16/h1-6,9H,7-8,10-12H2,(H,22,26)(H,23,24,27). The number of amides is 2. The smallest absolute Gasteiger partial charge is 0.293 e. The van der Waals surface area contributed by atoms with Crippen molar-refractivity contribution in [3.63, 3.8) is 0 Å². The molecule has 7 nitrogen and oxygen atoms in total. The maximum Gasteiger partial charge on any atom is 0.293 e. The minimum absolute atomic E-state index is 0.0516. The average Bonchev–Trinajstić information content (AvgIpc) is 3.36. The number of rotatable bonds is 6. The van der Waals surface area contributed by atoms with Crippen molar-refractivity contribution in [1.82, 2.24) is 15.2 Å². The van der Waals surface area contributed by atoms with Gasteiger partial charge in [0, 0.05) is 36.0 Å². The largest absolute Gasteiger partial charge is 0.459 e. The highest BCUT2D eigenvalue weighted by molar-refractivity contribution is 7.15. The van der Waals surface area contributed by atoms with Crippen LogP contribution in [0.4, 0.5) is 5.13 Å². The zero-order valence-electron chi connectivity index (χ0n) is 15.5. The average molecular weight is 431 g/mol. The summed E-state index contributed by atoms with van der Waals surface area (Å²) >= 11 is 7.55. The second kappa shape index (κ2) is 8.77. The number of carbonyl (C=O) groups excluding carboxylic acids is 2. The van der Waals surface area contributed by atoms with E-state index in [0.29, 0.717) is 29.8 Å². The van der Waals surface area contributed by atoms with Gasteiger partial charge in [-0.25, -0.2) is 4.98 Å². The van der Waals surface area contributed by atoms with E-state index in [1.165, 1.54) is 17.6 Å². The second-order valence-electron chi connectivity index (χ2n) is 6.65. The molecule has 0 aliphatic carbocycles. The maximum absolute atomic E-state index is 12.3. The van der Waals surface area contributed by atoms with Crippen LogP contribution in [0.2, 0.25) is 5.02 Å². The lowest BCUT2D eigenvalue weighted by atomic mass is 10.2. The predicted octanol–water partition coefficient (Wildman–Crippen LogP) is 3.32. The van der Waals surface area contributed by atoms with Gasteiger partial charge in [0.15, 0.2) is 10.9 Å². The first-order valence-electron chi connectivity index (χ1n) is 9.14. The second-order valence-corrected chi connectivity index (χ2v) is 8.14. The number of hydrogen-bond acceptors (Lipinski definition) is 6. The van der Waals surface area contributed by atoms with Crippen LogP contribution in [-0.4, -0.2) is 34.8 Å². The topological polar surface area (TPSA) is 87.5 Å². The Labute approximate surface area is 176 Å². The SMILES string of the molecule is O=C(CN1CCc2nc(NC(=O)c3ccco3)sc2C1)NCc1ccccc1Cl. The highest BCUT2D eigenvalue weighted by Crippen LogP contribution is 2.28. The molecule has 2 N–H and O–H groups in total. The van der Waals surface area contributed by atoms with Gasteiger partial charge in [-0.1, -0.05) is 29.8 Å². The van der Waals surface area contributed by atoms with Gasteiger partial charge in [-0.3, -0.25) is 19.8 Å². The summed E-state index contributed by atoms with van der Waals surface area (Å²) in [6.45, 7) is 2.07. The lowest BCUT2D eigenvalue weighted by Gasteiger charge is -2.25. The maximum atomic E-state index is 12.3. The summed E-state index contributed by atoms with van der Waals surface area (Å²) in [4.78, 5) is 32.0. The normalized spacial score (nSPS) is 13.7. The number of aromatic nitrogens is 1. The molecule has 3 heterocycles. The van der Waals surface area contributed by atoms with Crippen LogP contribution in [0, 0.1) is 0 Å². The first kappa shape index (κ1) is 19.6. The predicted molar refractivity (Wildman–Crippen MR) is 111 cm³/mol. The summed E-state index contributed by atoms with van der Waals surface area (Å²) in [6, 6.07) is 10.7. The van der Waals surface area contributed by atoms with Gasteiger partial charge in [-0.2, -0.15) is 0 Å². The molecule has 0 spiro atoms. The molecule has 1 aliphatic rings. The summed E-state index contributed by atoms with van der Waals surface area (Å²) in [5.41, 5.74) is 1.86. The number of thiazole rings is 1. The van der Waals surface area contributed by atoms with E-state index in [0.717, 1.165) is 29.1 Å². The summed E-state index contributed by atoms with van der Waals surface area (Å²) in [5, 5.41) is 6.86. The van der Waals surface area contributed by atoms with E-state index in [1.54, 1.807) is 18.2 Å². The monoisotopic (exact) mass is 430 g/mol. The first-order valence-corrected chi connectivity index (χ1v) is 10.3. The molecule has 2 amide bonds. The van der Waals surface area contributed by atoms with Crippen molar-refractivity contribution in [1.29, 1.82) is 0 Å². The molecule has 0 fully saturated rings. The van der Waals surface area contributed by atoms with Crippen LogP contribution >= 0.6 is 22.9 Å². The van der Waals surface area contributed by atoms with Crippen molar-refractivity contribution in [2.24, 2.45) is 0 Å². The van der Waals surface area contributed by atoms with Crippen molar-refractivity contribution in [3.05, 3.63) is 69.6 Å². The highest BCUT2D eigenvalue weighted by atomic mass is 35.5. The number of nitrogens with one attached hydrogen (secondary N) is 2. The van der Waals surface area contributed by atoms with Crippen LogP contribution in [-0.2, 0) is 24.3 Å². The van der Waals surface area contributed by atoms with Crippen LogP contribution in [0.15, 0.2) is 47.1 Å². The molecular formula is C20H19ClN4O3S. The number of nitrogens with zero attached hydrogens (tertiary/aromatic N) is 2. The number of furan rings is 1. The van der Waals surface area contributed by atoms with E-state index in [-0.39, 0.29) is 17.6 Å². The fourth-order valence-electron chi connectivity index (χ4n) is 3.10. The van der Waals surface area contributed by atoms with E-state index >= 15 is 0 Å². The Hall–Kier alpha value is -2.68. The van der Waals surface area contributed by atoms with Crippen LogP contribution in [0.1, 0.15) is 26.7 Å². The minimum atomic E-state index is -0.322. The Bertz CT molecular complexity index is 1020. The third kappa shape index (κ3) is 4.84. The first-order chi connectivity index (χ1) is 14.1. The molecule has 1 aliphatic heterocycles. The van der Waals surface area contributed by atoms with Gasteiger partial charge < -0.3 is 9.73 Å². The summed E-state index contributed by atoms with van der Waals surface area (Å²) in [7, 11) is 0. The van der Waals surface area contributed by atoms with Gasteiger partial charge in [0.05, 0.1) is 18.5 Å². The molecule has 4 rings (SSSR count). The van der Waals surface area contributed by atoms with Crippen molar-refractivity contribution in [2.75, 3.05) is 18.4 Å². The van der Waals surface area contributed by atoms with E-state index < -0.39 is 0 Å². The minimum Gasteiger partial charge on any atom is -0.459 e. The molecule has 0 saturated carbocycles. The number of halogens is 1. The fourth-order valence-corrected chi connectivity index (χ4v) is 4.35. The molecule has 9 heteroatoms. The summed E-state index contributed by atoms with van der Waals surface area (Å²) in [6.07, 6.45) is 2.19. The Kier molecular flexibility index (Phi) is 5.94. The summed E-state index contributed by atoms with van der Waals surface area (Å²) in [5.74, 6) is -0.129. The third-order valence-electron chi connectivity index (χ3n) is 4.58. The number of carbonyl (C=O) groups is 2. The van der Waals surface area contributed by atoms with E-state index in [4.69, 9.17) is 16.0 Å². The molecule has 0 radical (unpaired) electrons. The van der Waals surface area contributed by atoms with Gasteiger partial charge in [0.25, 0.3) is 5.91 Å². The zero-order valence-corrected chi connectivity index (χ0v) is 17.1. The molecule has 1 aromatic carbocycles. The van der Waals surface area contributed by atoms with Crippen molar-refractivity contribution in [3.8, 4) is 0 Å². The molecule has 0 saturated heterocycles. The highest BCUT2D eigenvalue weighted by Gasteiger charge is 2.23. The molecule has 29 heavy (non-hydrogen) atoms. The quantitative estimate of drug-likeness (QED) is 0.626. The van der Waals surface area contributed by atoms with Gasteiger partial charge in [-0.15, -0.1) is 11.3 Å². The van der Waals surface area contributed by atoms with Crippen LogP contribution < -0.4 is 10.6 Å². The van der Waals surface area contributed by atoms with Gasteiger partial charge in [0.1, 0.15) is 0 Å². The van der Waals surface area contributed by atoms with E-state index in [9.17, 15) is 9.59 Å².